The van der Waals surface area contributed by atoms with Crippen molar-refractivity contribution in [3.8, 4) is 23.2 Å². The first kappa shape index (κ1) is 30.3. The summed E-state index contributed by atoms with van der Waals surface area (Å²) in [5, 5.41) is 23.5. The highest BCUT2D eigenvalue weighted by Gasteiger charge is 2.27. The van der Waals surface area contributed by atoms with E-state index in [9.17, 15) is 14.3 Å². The number of imidazole rings is 1. The van der Waals surface area contributed by atoms with Crippen molar-refractivity contribution in [1.29, 1.82) is 5.26 Å². The number of aromatic carboxylic acids is 1. The van der Waals surface area contributed by atoms with Gasteiger partial charge in [-0.25, -0.2) is 14.2 Å². The Balaban J connectivity index is 1.08. The monoisotopic (exact) mass is 636 g/mol. The van der Waals surface area contributed by atoms with E-state index in [2.05, 4.69) is 24.4 Å². The van der Waals surface area contributed by atoms with Gasteiger partial charge < -0.3 is 24.0 Å². The lowest BCUT2D eigenvalue weighted by Crippen LogP contribution is -2.46. The van der Waals surface area contributed by atoms with Crippen LogP contribution in [0.4, 0.5) is 10.2 Å². The van der Waals surface area contributed by atoms with Crippen molar-refractivity contribution < 1.29 is 23.8 Å². The Morgan fingerprint density at radius 2 is 1.96 bits per heavy atom. The van der Waals surface area contributed by atoms with Gasteiger partial charge in [0.15, 0.2) is 0 Å². The molecule has 2 aliphatic rings. The zero-order chi connectivity index (χ0) is 32.5. The van der Waals surface area contributed by atoms with Gasteiger partial charge in [0.2, 0.25) is 5.88 Å². The number of halogens is 1. The third kappa shape index (κ3) is 6.38. The van der Waals surface area contributed by atoms with Crippen LogP contribution in [0.15, 0.2) is 60.8 Å². The molecule has 0 bridgehead atoms. The molecule has 12 nitrogen and oxygen atoms in total. The van der Waals surface area contributed by atoms with Gasteiger partial charge >= 0.3 is 5.97 Å². The van der Waals surface area contributed by atoms with E-state index in [0.29, 0.717) is 35.8 Å². The number of hydrogen-bond donors (Lipinski definition) is 1. The lowest BCUT2D eigenvalue weighted by molar-refractivity contribution is -0.0592. The number of rotatable bonds is 10. The molecule has 5 aromatic rings. The Morgan fingerprint density at radius 3 is 2.64 bits per heavy atom. The van der Waals surface area contributed by atoms with Crippen LogP contribution in [0.3, 0.4) is 0 Å². The summed E-state index contributed by atoms with van der Waals surface area (Å²) >= 11 is 0. The number of carboxylic acids is 1. The molecule has 2 aromatic carbocycles. The summed E-state index contributed by atoms with van der Waals surface area (Å²) in [6.07, 6.45) is 2.84. The second-order valence-corrected chi connectivity index (χ2v) is 11.8. The number of nitrogens with zero attached hydrogens (tertiary/aromatic N) is 8. The summed E-state index contributed by atoms with van der Waals surface area (Å²) in [6.45, 7) is 4.90. The van der Waals surface area contributed by atoms with Crippen molar-refractivity contribution in [3.63, 3.8) is 0 Å². The molecule has 1 N–H and O–H groups in total. The average molecular weight is 637 g/mol. The fourth-order valence-corrected chi connectivity index (χ4v) is 5.99. The number of carboxylic acid groups (broad SMARTS) is 1. The number of nitriles is 1. The van der Waals surface area contributed by atoms with E-state index in [4.69, 9.17) is 19.7 Å². The molecule has 0 radical (unpaired) electrons. The van der Waals surface area contributed by atoms with Crippen molar-refractivity contribution in [3.05, 3.63) is 89.1 Å². The van der Waals surface area contributed by atoms with Crippen LogP contribution < -0.4 is 9.64 Å². The van der Waals surface area contributed by atoms with Crippen molar-refractivity contribution in [2.45, 2.75) is 32.2 Å². The van der Waals surface area contributed by atoms with E-state index in [0.717, 1.165) is 61.9 Å². The maximum absolute atomic E-state index is 14.3. The molecule has 3 aromatic heterocycles. The van der Waals surface area contributed by atoms with Crippen LogP contribution >= 0.6 is 0 Å². The molecule has 0 unspecified atom stereocenters. The molecule has 0 aliphatic carbocycles. The molecule has 2 aliphatic heterocycles. The summed E-state index contributed by atoms with van der Waals surface area (Å²) in [4.78, 5) is 26.4. The predicted molar refractivity (Wildman–Crippen MR) is 170 cm³/mol. The van der Waals surface area contributed by atoms with Gasteiger partial charge in [0.25, 0.3) is 0 Å². The standard InChI is InChI=1S/C34H33FN8O4/c1-40-9-7-28(39-40)26-16-24(34(44)45)17-29-33(26)38-31(43(29)19-25-8-14-46-25)20-41-10-12-42(13-11-41)30-3-2-4-32(37-30)47-21-23-6-5-22(18-36)15-27(23)35/h2-7,9,15-17,25H,8,10-14,19-21H2,1H3,(H,44,45)/t25-/m0/s1. The second kappa shape index (κ2) is 12.8. The maximum atomic E-state index is 14.3. The summed E-state index contributed by atoms with van der Waals surface area (Å²) < 4.78 is 29.7. The highest BCUT2D eigenvalue weighted by molar-refractivity contribution is 5.99. The third-order valence-corrected chi connectivity index (χ3v) is 8.68. The summed E-state index contributed by atoms with van der Waals surface area (Å²) in [5.74, 6) is 0.537. The van der Waals surface area contributed by atoms with E-state index >= 15 is 0 Å². The Bertz CT molecular complexity index is 1990. The number of carbonyl (C=O) groups is 1. The largest absolute Gasteiger partial charge is 0.478 e. The molecular weight excluding hydrogens is 603 g/mol. The molecule has 47 heavy (non-hydrogen) atoms. The van der Waals surface area contributed by atoms with Crippen molar-refractivity contribution >= 4 is 22.8 Å². The van der Waals surface area contributed by atoms with E-state index in [1.165, 1.54) is 6.07 Å². The minimum Gasteiger partial charge on any atom is -0.478 e. The summed E-state index contributed by atoms with van der Waals surface area (Å²) in [7, 11) is 1.83. The zero-order valence-electron chi connectivity index (χ0n) is 25.8. The molecule has 0 spiro atoms. The molecule has 0 saturated carbocycles. The van der Waals surface area contributed by atoms with Crippen molar-refractivity contribution in [1.82, 2.24) is 29.2 Å². The zero-order valence-corrected chi connectivity index (χ0v) is 25.8. The first-order valence-corrected chi connectivity index (χ1v) is 15.5. The van der Waals surface area contributed by atoms with Crippen LogP contribution in [0.1, 0.15) is 33.7 Å². The number of anilines is 1. The third-order valence-electron chi connectivity index (χ3n) is 8.68. The molecular formula is C34H33FN8O4. The van der Waals surface area contributed by atoms with Crippen LogP contribution in [0.5, 0.6) is 5.88 Å². The number of ether oxygens (including phenoxy) is 2. The molecule has 5 heterocycles. The van der Waals surface area contributed by atoms with Crippen molar-refractivity contribution in [2.75, 3.05) is 37.7 Å². The predicted octanol–water partition coefficient (Wildman–Crippen LogP) is 4.23. The molecule has 7 rings (SSSR count). The van der Waals surface area contributed by atoms with Gasteiger partial charge in [0.05, 0.1) is 53.1 Å². The quantitative estimate of drug-likeness (QED) is 0.237. The first-order valence-electron chi connectivity index (χ1n) is 15.5. The van der Waals surface area contributed by atoms with Gasteiger partial charge in [-0.05, 0) is 42.8 Å². The van der Waals surface area contributed by atoms with Crippen LogP contribution in [-0.2, 0) is 31.5 Å². The van der Waals surface area contributed by atoms with E-state index < -0.39 is 11.8 Å². The minimum atomic E-state index is -1.00. The van der Waals surface area contributed by atoms with Gasteiger partial charge in [0, 0.05) is 63.2 Å². The number of piperazine rings is 1. The van der Waals surface area contributed by atoms with Gasteiger partial charge in [-0.1, -0.05) is 12.1 Å². The highest BCUT2D eigenvalue weighted by atomic mass is 19.1. The Morgan fingerprint density at radius 1 is 1.13 bits per heavy atom. The molecule has 13 heteroatoms. The number of hydrogen-bond acceptors (Lipinski definition) is 9. The van der Waals surface area contributed by atoms with E-state index in [-0.39, 0.29) is 23.8 Å². The topological polar surface area (TPSA) is 135 Å². The summed E-state index contributed by atoms with van der Waals surface area (Å²) in [5.41, 5.74) is 3.65. The van der Waals surface area contributed by atoms with Crippen LogP contribution in [0.25, 0.3) is 22.3 Å². The number of pyridine rings is 1. The normalized spacial score (nSPS) is 16.6. The number of benzene rings is 2. The van der Waals surface area contributed by atoms with E-state index in [1.54, 1.807) is 35.0 Å². The van der Waals surface area contributed by atoms with Crippen LogP contribution in [0.2, 0.25) is 0 Å². The number of aromatic nitrogens is 5. The molecule has 0 amide bonds. The Labute approximate surface area is 270 Å². The van der Waals surface area contributed by atoms with Gasteiger partial charge in [-0.2, -0.15) is 15.3 Å². The Kier molecular flexibility index (Phi) is 8.28. The fourth-order valence-electron chi connectivity index (χ4n) is 5.99. The molecule has 2 fully saturated rings. The van der Waals surface area contributed by atoms with Crippen LogP contribution in [-0.4, -0.2) is 79.2 Å². The lowest BCUT2D eigenvalue weighted by Gasteiger charge is -2.35. The molecule has 2 saturated heterocycles. The number of fused-ring (bicyclic) bond motifs is 1. The van der Waals surface area contributed by atoms with Gasteiger partial charge in [-0.3, -0.25) is 9.58 Å². The Hall–Kier alpha value is -5.32. The maximum Gasteiger partial charge on any atom is 0.335 e. The number of aryl methyl sites for hydroxylation is 1. The molecule has 240 valence electrons. The highest BCUT2D eigenvalue weighted by Crippen LogP contribution is 2.32. The summed E-state index contributed by atoms with van der Waals surface area (Å²) in [6, 6.07) is 17.0. The molecule has 1 atom stereocenters. The van der Waals surface area contributed by atoms with E-state index in [1.807, 2.05) is 37.5 Å². The van der Waals surface area contributed by atoms with Crippen LogP contribution in [0, 0.1) is 17.1 Å². The SMILES string of the molecule is Cn1ccc(-c2cc(C(=O)O)cc3c2nc(CN2CCN(c4cccc(OCc5ccc(C#N)cc5F)n4)CC2)n3C[C@@H]2CCO2)n1. The fraction of sp³-hybridized carbons (Fsp3) is 0.324. The minimum absolute atomic E-state index is 0.00464. The smallest absolute Gasteiger partial charge is 0.335 e. The first-order chi connectivity index (χ1) is 22.8. The van der Waals surface area contributed by atoms with Gasteiger partial charge in [0.1, 0.15) is 24.1 Å². The second-order valence-electron chi connectivity index (χ2n) is 11.8. The van der Waals surface area contributed by atoms with Crippen molar-refractivity contribution in [2.24, 2.45) is 7.05 Å². The van der Waals surface area contributed by atoms with Gasteiger partial charge in [-0.15, -0.1) is 0 Å². The lowest BCUT2D eigenvalue weighted by atomic mass is 10.1. The average Bonchev–Trinajstić information content (AvgIpc) is 3.64.